The Morgan fingerprint density at radius 2 is 1.87 bits per heavy atom. The van der Waals surface area contributed by atoms with Crippen molar-refractivity contribution in [2.75, 3.05) is 42.6 Å². The Labute approximate surface area is 277 Å². The number of aryl methyl sites for hydroxylation is 1. The van der Waals surface area contributed by atoms with Gasteiger partial charge < -0.3 is 25.6 Å². The molecule has 2 amide bonds. The quantitative estimate of drug-likeness (QED) is 0.214. The van der Waals surface area contributed by atoms with Gasteiger partial charge in [0.2, 0.25) is 5.91 Å². The van der Waals surface area contributed by atoms with E-state index in [1.54, 1.807) is 48.3 Å². The fraction of sp³-hybridized carbons (Fsp3) is 0.448. The topological polar surface area (TPSA) is 160 Å². The van der Waals surface area contributed by atoms with Gasteiger partial charge in [-0.2, -0.15) is 5.10 Å². The number of carbonyl (C=O) groups is 2. The summed E-state index contributed by atoms with van der Waals surface area (Å²) < 4.78 is 8.45. The van der Waals surface area contributed by atoms with Crippen molar-refractivity contribution in [3.8, 4) is 0 Å². The molecule has 0 unspecified atom stereocenters. The number of ether oxygens (including phenoxy) is 1. The van der Waals surface area contributed by atoms with Gasteiger partial charge in [0.05, 0.1) is 38.9 Å². The molecular formula is C29H35Br2N9O5. The highest BCUT2D eigenvalue weighted by Crippen LogP contribution is 2.36. The van der Waals surface area contributed by atoms with Crippen molar-refractivity contribution in [2.45, 2.75) is 51.1 Å². The first-order valence-corrected chi connectivity index (χ1v) is 16.0. The van der Waals surface area contributed by atoms with Gasteiger partial charge in [-0.3, -0.25) is 34.3 Å². The van der Waals surface area contributed by atoms with Crippen LogP contribution in [0.3, 0.4) is 0 Å². The molecule has 16 heteroatoms. The molecule has 0 bridgehead atoms. The van der Waals surface area contributed by atoms with E-state index < -0.39 is 17.0 Å². The summed E-state index contributed by atoms with van der Waals surface area (Å²) in [6.45, 7) is 5.29. The number of benzene rings is 1. The number of rotatable bonds is 9. The number of nitrogens with zero attached hydrogens (tertiary/aromatic N) is 6. The Morgan fingerprint density at radius 3 is 2.51 bits per heavy atom. The Kier molecular flexibility index (Phi) is 10.1. The van der Waals surface area contributed by atoms with Gasteiger partial charge in [-0.1, -0.05) is 15.9 Å². The zero-order valence-corrected chi connectivity index (χ0v) is 28.5. The summed E-state index contributed by atoms with van der Waals surface area (Å²) in [4.78, 5) is 47.3. The average Bonchev–Trinajstić information content (AvgIpc) is 3.53. The number of nitrogens with one attached hydrogen (secondary N) is 3. The zero-order chi connectivity index (χ0) is 32.4. The van der Waals surface area contributed by atoms with Gasteiger partial charge in [0.1, 0.15) is 5.69 Å². The molecule has 0 aliphatic carbocycles. The standard InChI is InChI=1S/C29H35Br2N9O5/c1-16-11-39(12-17(2)45-16)29(42)22-6-19(30)7-24(40(43)44)26(22)34-21-8-25(28(41)35-27-23(31)15-37(4)36-27)38(14-21)13-18-5-20(32-3)10-33-9-18/h5-7,9-10,15-17,21,25,32,34H,8,11-14H2,1-4H3,(H,35,36,41)/t16-,17+,21-,25+/m1/s1. The van der Waals surface area contributed by atoms with Crippen molar-refractivity contribution in [3.05, 3.63) is 67.0 Å². The van der Waals surface area contributed by atoms with Crippen LogP contribution < -0.4 is 16.0 Å². The monoisotopic (exact) mass is 747 g/mol. The summed E-state index contributed by atoms with van der Waals surface area (Å²) >= 11 is 6.79. The molecule has 0 saturated carbocycles. The predicted octanol–water partition coefficient (Wildman–Crippen LogP) is 4.23. The highest BCUT2D eigenvalue weighted by atomic mass is 79.9. The summed E-state index contributed by atoms with van der Waals surface area (Å²) in [5, 5.41) is 25.9. The number of pyridine rings is 1. The number of halogens is 2. The number of hydrogen-bond donors (Lipinski definition) is 3. The number of carbonyl (C=O) groups excluding carboxylic acids is 2. The predicted molar refractivity (Wildman–Crippen MR) is 176 cm³/mol. The van der Waals surface area contributed by atoms with Crippen LogP contribution in [0.15, 0.2) is 45.7 Å². The van der Waals surface area contributed by atoms with E-state index in [4.69, 9.17) is 4.74 Å². The molecule has 2 saturated heterocycles. The van der Waals surface area contributed by atoms with Crippen LogP contribution in [0, 0.1) is 10.1 Å². The third kappa shape index (κ3) is 7.62. The zero-order valence-electron chi connectivity index (χ0n) is 25.3. The minimum Gasteiger partial charge on any atom is -0.387 e. The lowest BCUT2D eigenvalue weighted by Crippen LogP contribution is -2.48. The number of likely N-dealkylation sites (tertiary alicyclic amines) is 1. The van der Waals surface area contributed by atoms with Crippen molar-refractivity contribution in [1.29, 1.82) is 0 Å². The lowest BCUT2D eigenvalue weighted by Gasteiger charge is -2.35. The SMILES string of the molecule is CNc1cncc(CN2C[C@H](Nc3c(C(=O)N4C[C@@H](C)O[C@@H](C)C4)cc(Br)cc3[N+](=O)[O-])C[C@H]2C(=O)Nc2nn(C)cc2Br)c1. The van der Waals surface area contributed by atoms with Crippen molar-refractivity contribution in [3.63, 3.8) is 0 Å². The van der Waals surface area contributed by atoms with Gasteiger partial charge in [-0.15, -0.1) is 0 Å². The summed E-state index contributed by atoms with van der Waals surface area (Å²) in [6.07, 6.45) is 5.17. The van der Waals surface area contributed by atoms with Crippen LogP contribution in [-0.4, -0.2) is 92.3 Å². The molecule has 45 heavy (non-hydrogen) atoms. The van der Waals surface area contributed by atoms with Crippen molar-refractivity contribution >= 4 is 66.6 Å². The molecule has 2 aromatic heterocycles. The minimum absolute atomic E-state index is 0.123. The number of nitro groups is 1. The molecule has 240 valence electrons. The van der Waals surface area contributed by atoms with Crippen LogP contribution in [0.5, 0.6) is 0 Å². The lowest BCUT2D eigenvalue weighted by atomic mass is 10.1. The molecule has 1 aromatic carbocycles. The molecule has 14 nitrogen and oxygen atoms in total. The van der Waals surface area contributed by atoms with E-state index in [1.807, 2.05) is 24.8 Å². The molecule has 2 fully saturated rings. The van der Waals surface area contributed by atoms with Gasteiger partial charge in [0.25, 0.3) is 11.6 Å². The van der Waals surface area contributed by atoms with Crippen LogP contribution in [-0.2, 0) is 23.1 Å². The summed E-state index contributed by atoms with van der Waals surface area (Å²) in [7, 11) is 3.56. The molecule has 2 aliphatic heterocycles. The highest BCUT2D eigenvalue weighted by molar-refractivity contribution is 9.10. The molecule has 0 spiro atoms. The average molecular weight is 749 g/mol. The molecule has 4 atom stereocenters. The maximum Gasteiger partial charge on any atom is 0.294 e. The highest BCUT2D eigenvalue weighted by Gasteiger charge is 2.39. The van der Waals surface area contributed by atoms with Gasteiger partial charge in [-0.25, -0.2) is 0 Å². The number of aromatic nitrogens is 3. The van der Waals surface area contributed by atoms with Gasteiger partial charge >= 0.3 is 0 Å². The van der Waals surface area contributed by atoms with Crippen LogP contribution in [0.4, 0.5) is 22.9 Å². The Bertz CT molecular complexity index is 1590. The van der Waals surface area contributed by atoms with Crippen LogP contribution >= 0.6 is 31.9 Å². The normalized spacial score (nSPS) is 21.9. The molecule has 5 rings (SSSR count). The maximum atomic E-state index is 13.9. The third-order valence-corrected chi connectivity index (χ3v) is 8.80. The van der Waals surface area contributed by atoms with Gasteiger partial charge in [0, 0.05) is 75.4 Å². The molecular weight excluding hydrogens is 714 g/mol. The molecule has 4 heterocycles. The fourth-order valence-electron chi connectivity index (χ4n) is 5.92. The Morgan fingerprint density at radius 1 is 1.13 bits per heavy atom. The van der Waals surface area contributed by atoms with E-state index in [-0.39, 0.29) is 41.0 Å². The number of anilines is 3. The van der Waals surface area contributed by atoms with E-state index >= 15 is 0 Å². The molecule has 3 aromatic rings. The first-order valence-electron chi connectivity index (χ1n) is 14.5. The van der Waals surface area contributed by atoms with E-state index in [1.165, 1.54) is 6.07 Å². The number of hydrogen-bond acceptors (Lipinski definition) is 10. The Balaban J connectivity index is 1.46. The van der Waals surface area contributed by atoms with Crippen LogP contribution in [0.2, 0.25) is 0 Å². The van der Waals surface area contributed by atoms with Crippen molar-refractivity contribution < 1.29 is 19.2 Å². The summed E-state index contributed by atoms with van der Waals surface area (Å²) in [5.74, 6) is -0.208. The van der Waals surface area contributed by atoms with Gasteiger partial charge in [-0.05, 0) is 53.9 Å². The second-order valence-corrected chi connectivity index (χ2v) is 13.2. The number of morpholine rings is 1. The van der Waals surface area contributed by atoms with E-state index in [2.05, 4.69) is 57.9 Å². The smallest absolute Gasteiger partial charge is 0.294 e. The van der Waals surface area contributed by atoms with E-state index in [9.17, 15) is 19.7 Å². The van der Waals surface area contributed by atoms with Crippen LogP contribution in [0.1, 0.15) is 36.2 Å². The first kappa shape index (κ1) is 32.8. The second-order valence-electron chi connectivity index (χ2n) is 11.4. The number of nitro benzene ring substituents is 1. The van der Waals surface area contributed by atoms with Gasteiger partial charge in [0.15, 0.2) is 5.82 Å². The number of amides is 2. The third-order valence-electron chi connectivity index (χ3n) is 7.77. The second kappa shape index (κ2) is 13.8. The summed E-state index contributed by atoms with van der Waals surface area (Å²) in [6, 6.07) is 3.94. The van der Waals surface area contributed by atoms with Crippen molar-refractivity contribution in [1.82, 2.24) is 24.6 Å². The lowest BCUT2D eigenvalue weighted by molar-refractivity contribution is -0.384. The molecule has 3 N–H and O–H groups in total. The minimum atomic E-state index is -0.607. The largest absolute Gasteiger partial charge is 0.387 e. The van der Waals surface area contributed by atoms with Crippen LogP contribution in [0.25, 0.3) is 0 Å². The first-order chi connectivity index (χ1) is 21.4. The fourth-order valence-corrected chi connectivity index (χ4v) is 6.84. The Hall–Kier alpha value is -3.60. The molecule has 2 aliphatic rings. The maximum absolute atomic E-state index is 13.9. The molecule has 0 radical (unpaired) electrons. The van der Waals surface area contributed by atoms with E-state index in [0.717, 1.165) is 11.3 Å². The summed E-state index contributed by atoms with van der Waals surface area (Å²) in [5.41, 5.74) is 1.79. The van der Waals surface area contributed by atoms with Crippen molar-refractivity contribution in [2.24, 2.45) is 7.05 Å². The van der Waals surface area contributed by atoms with E-state index in [0.29, 0.717) is 47.4 Å².